The van der Waals surface area contributed by atoms with Crippen molar-refractivity contribution in [2.45, 2.75) is 32.0 Å². The Labute approximate surface area is 151 Å². The third kappa shape index (κ3) is 4.08. The predicted molar refractivity (Wildman–Crippen MR) is 96.9 cm³/mol. The summed E-state index contributed by atoms with van der Waals surface area (Å²) in [6.45, 7) is 2.48. The highest BCUT2D eigenvalue weighted by atomic mass is 35.5. The molecule has 2 aromatic rings. The maximum Gasteiger partial charge on any atom is 0.238 e. The van der Waals surface area contributed by atoms with Crippen LogP contribution in [-0.2, 0) is 11.3 Å². The molecule has 0 aromatic heterocycles. The molecule has 1 amide bonds. The summed E-state index contributed by atoms with van der Waals surface area (Å²) >= 11 is 11.9. The zero-order chi connectivity index (χ0) is 17.1. The minimum absolute atomic E-state index is 0.0387. The molecule has 1 aliphatic rings. The first kappa shape index (κ1) is 17.2. The van der Waals surface area contributed by atoms with E-state index < -0.39 is 0 Å². The van der Waals surface area contributed by atoms with Crippen molar-refractivity contribution in [3.8, 4) is 0 Å². The first-order chi connectivity index (χ1) is 11.5. The van der Waals surface area contributed by atoms with Crippen molar-refractivity contribution in [2.75, 3.05) is 0 Å². The van der Waals surface area contributed by atoms with Crippen molar-refractivity contribution in [3.63, 3.8) is 0 Å². The lowest BCUT2D eigenvalue weighted by molar-refractivity contribution is -0.123. The number of hydrazine groups is 1. The second kappa shape index (κ2) is 7.53. The first-order valence-corrected chi connectivity index (χ1v) is 8.58. The van der Waals surface area contributed by atoms with E-state index in [1.807, 2.05) is 6.07 Å². The second-order valence-electron chi connectivity index (χ2n) is 6.01. The molecule has 0 bridgehead atoms. The number of halogens is 2. The van der Waals surface area contributed by atoms with Gasteiger partial charge in [-0.15, -0.1) is 0 Å². The van der Waals surface area contributed by atoms with Crippen molar-refractivity contribution in [1.29, 1.82) is 0 Å². The number of hydrogen-bond acceptors (Lipinski definition) is 3. The fourth-order valence-corrected chi connectivity index (χ4v) is 3.03. The van der Waals surface area contributed by atoms with E-state index in [0.717, 1.165) is 5.56 Å². The summed E-state index contributed by atoms with van der Waals surface area (Å²) in [5.41, 5.74) is 9.57. The standard InChI is InChI=1S/C18H19Cl2N3O/c1-11-2-5-13(6-3-11)16-9-17(23-22-16)18(24)21-10-12-4-7-14(19)15(20)8-12/h2-8,16-17,22-23H,9-10H2,1H3,(H,21,24). The quantitative estimate of drug-likeness (QED) is 0.778. The Kier molecular flexibility index (Phi) is 5.41. The Bertz CT molecular complexity index is 734. The topological polar surface area (TPSA) is 53.2 Å². The minimum atomic E-state index is -0.265. The molecule has 1 aliphatic heterocycles. The molecule has 3 N–H and O–H groups in total. The lowest BCUT2D eigenvalue weighted by Crippen LogP contribution is -2.42. The second-order valence-corrected chi connectivity index (χ2v) is 6.82. The van der Waals surface area contributed by atoms with Crippen LogP contribution in [0, 0.1) is 6.92 Å². The van der Waals surface area contributed by atoms with Crippen LogP contribution < -0.4 is 16.2 Å². The number of nitrogens with one attached hydrogen (secondary N) is 3. The third-order valence-electron chi connectivity index (χ3n) is 4.15. The molecule has 1 heterocycles. The third-order valence-corrected chi connectivity index (χ3v) is 4.89. The van der Waals surface area contributed by atoms with Gasteiger partial charge in [0.25, 0.3) is 0 Å². The Morgan fingerprint density at radius 1 is 1.12 bits per heavy atom. The maximum absolute atomic E-state index is 12.3. The number of amides is 1. The highest BCUT2D eigenvalue weighted by Crippen LogP contribution is 2.24. The highest BCUT2D eigenvalue weighted by molar-refractivity contribution is 6.42. The van der Waals surface area contributed by atoms with Gasteiger partial charge in [0, 0.05) is 12.6 Å². The van der Waals surface area contributed by atoms with E-state index in [2.05, 4.69) is 47.4 Å². The molecular formula is C18H19Cl2N3O. The summed E-state index contributed by atoms with van der Waals surface area (Å²) in [5, 5.41) is 3.92. The average molecular weight is 364 g/mol. The fraction of sp³-hybridized carbons (Fsp3) is 0.278. The van der Waals surface area contributed by atoms with Crippen molar-refractivity contribution >= 4 is 29.1 Å². The lowest BCUT2D eigenvalue weighted by atomic mass is 10.0. The molecule has 6 heteroatoms. The predicted octanol–water partition coefficient (Wildman–Crippen LogP) is 3.53. The molecule has 24 heavy (non-hydrogen) atoms. The molecule has 126 valence electrons. The molecule has 4 nitrogen and oxygen atoms in total. The molecule has 2 unspecified atom stereocenters. The summed E-state index contributed by atoms with van der Waals surface area (Å²) in [5.74, 6) is -0.0387. The monoisotopic (exact) mass is 363 g/mol. The van der Waals surface area contributed by atoms with Crippen LogP contribution in [0.4, 0.5) is 0 Å². The summed E-state index contributed by atoms with van der Waals surface area (Å²) in [6.07, 6.45) is 0.705. The molecule has 2 atom stereocenters. The van der Waals surface area contributed by atoms with Gasteiger partial charge in [-0.1, -0.05) is 59.1 Å². The number of hydrogen-bond donors (Lipinski definition) is 3. The Morgan fingerprint density at radius 2 is 1.88 bits per heavy atom. The first-order valence-electron chi connectivity index (χ1n) is 7.82. The SMILES string of the molecule is Cc1ccc(C2CC(C(=O)NCc3ccc(Cl)c(Cl)c3)NN2)cc1. The summed E-state index contributed by atoms with van der Waals surface area (Å²) in [6, 6.07) is 13.5. The van der Waals surface area contributed by atoms with Gasteiger partial charge in [-0.2, -0.15) is 0 Å². The van der Waals surface area contributed by atoms with Crippen LogP contribution in [-0.4, -0.2) is 11.9 Å². The molecule has 1 saturated heterocycles. The van der Waals surface area contributed by atoms with Gasteiger partial charge >= 0.3 is 0 Å². The zero-order valence-electron chi connectivity index (χ0n) is 13.3. The van der Waals surface area contributed by atoms with E-state index in [-0.39, 0.29) is 18.0 Å². The number of carbonyl (C=O) groups excluding carboxylic acids is 1. The molecule has 0 radical (unpaired) electrons. The van der Waals surface area contributed by atoms with Crippen LogP contribution in [0.3, 0.4) is 0 Å². The van der Waals surface area contributed by atoms with Crippen molar-refractivity contribution in [1.82, 2.24) is 16.2 Å². The molecule has 0 saturated carbocycles. The van der Waals surface area contributed by atoms with Gasteiger partial charge in [-0.05, 0) is 36.6 Å². The van der Waals surface area contributed by atoms with Gasteiger partial charge < -0.3 is 5.32 Å². The van der Waals surface area contributed by atoms with Gasteiger partial charge in [0.15, 0.2) is 0 Å². The van der Waals surface area contributed by atoms with Gasteiger partial charge in [0.1, 0.15) is 6.04 Å². The van der Waals surface area contributed by atoms with Crippen LogP contribution in [0.1, 0.15) is 29.2 Å². The molecule has 0 aliphatic carbocycles. The minimum Gasteiger partial charge on any atom is -0.351 e. The molecule has 2 aromatic carbocycles. The summed E-state index contributed by atoms with van der Waals surface area (Å²) in [7, 11) is 0. The molecule has 1 fully saturated rings. The Balaban J connectivity index is 1.54. The van der Waals surface area contributed by atoms with E-state index >= 15 is 0 Å². The van der Waals surface area contributed by atoms with Crippen molar-refractivity contribution in [2.24, 2.45) is 0 Å². The zero-order valence-corrected chi connectivity index (χ0v) is 14.8. The number of aryl methyl sites for hydroxylation is 1. The Morgan fingerprint density at radius 3 is 2.58 bits per heavy atom. The van der Waals surface area contributed by atoms with Gasteiger partial charge in [-0.3, -0.25) is 4.79 Å². The number of carbonyl (C=O) groups is 1. The average Bonchev–Trinajstić information content (AvgIpc) is 3.06. The van der Waals surface area contributed by atoms with Crippen LogP contribution in [0.2, 0.25) is 10.0 Å². The smallest absolute Gasteiger partial charge is 0.238 e. The van der Waals surface area contributed by atoms with Gasteiger partial charge in [0.05, 0.1) is 10.0 Å². The Hall–Kier alpha value is -1.59. The van der Waals surface area contributed by atoms with Crippen molar-refractivity contribution < 1.29 is 4.79 Å². The normalized spacial score (nSPS) is 20.1. The van der Waals surface area contributed by atoms with E-state index in [1.165, 1.54) is 11.1 Å². The summed E-state index contributed by atoms with van der Waals surface area (Å²) < 4.78 is 0. The number of benzene rings is 2. The van der Waals surface area contributed by atoms with Gasteiger partial charge in [-0.25, -0.2) is 10.9 Å². The molecular weight excluding hydrogens is 345 g/mol. The van der Waals surface area contributed by atoms with Crippen LogP contribution in [0.15, 0.2) is 42.5 Å². The van der Waals surface area contributed by atoms with E-state index in [4.69, 9.17) is 23.2 Å². The lowest BCUT2D eigenvalue weighted by Gasteiger charge is -2.11. The molecule has 0 spiro atoms. The molecule has 3 rings (SSSR count). The van der Waals surface area contributed by atoms with Crippen LogP contribution >= 0.6 is 23.2 Å². The van der Waals surface area contributed by atoms with Crippen LogP contribution in [0.25, 0.3) is 0 Å². The number of rotatable bonds is 4. The fourth-order valence-electron chi connectivity index (χ4n) is 2.71. The van der Waals surface area contributed by atoms with Crippen molar-refractivity contribution in [3.05, 3.63) is 69.2 Å². The highest BCUT2D eigenvalue weighted by Gasteiger charge is 2.29. The van der Waals surface area contributed by atoms with E-state index in [9.17, 15) is 4.79 Å². The van der Waals surface area contributed by atoms with E-state index in [1.54, 1.807) is 12.1 Å². The largest absolute Gasteiger partial charge is 0.351 e. The summed E-state index contributed by atoms with van der Waals surface area (Å²) in [4.78, 5) is 12.3. The van der Waals surface area contributed by atoms with Gasteiger partial charge in [0.2, 0.25) is 5.91 Å². The van der Waals surface area contributed by atoms with Crippen LogP contribution in [0.5, 0.6) is 0 Å². The van der Waals surface area contributed by atoms with E-state index in [0.29, 0.717) is 23.0 Å². The maximum atomic E-state index is 12.3.